The summed E-state index contributed by atoms with van der Waals surface area (Å²) in [6.45, 7) is 1.87. The van der Waals surface area contributed by atoms with Gasteiger partial charge < -0.3 is 5.32 Å². The second-order valence-electron chi connectivity index (χ2n) is 2.12. The van der Waals surface area contributed by atoms with E-state index >= 15 is 0 Å². The van der Waals surface area contributed by atoms with Crippen molar-refractivity contribution < 1.29 is 9.59 Å². The minimum Gasteiger partial charge on any atom is -0.325 e. The number of imide groups is 1. The van der Waals surface area contributed by atoms with Crippen LogP contribution >= 0.6 is 22.6 Å². The van der Waals surface area contributed by atoms with Crippen molar-refractivity contribution in [1.82, 2.24) is 10.6 Å². The van der Waals surface area contributed by atoms with Crippen LogP contribution in [0.25, 0.3) is 0 Å². The molecule has 4 nitrogen and oxygen atoms in total. The van der Waals surface area contributed by atoms with E-state index in [1.807, 2.05) is 6.92 Å². The molecule has 1 rings (SSSR count). The van der Waals surface area contributed by atoms with Gasteiger partial charge in [-0.25, -0.2) is 4.79 Å². The Balaban J connectivity index is 2.63. The van der Waals surface area contributed by atoms with Gasteiger partial charge in [0.05, 0.1) is 0 Å². The van der Waals surface area contributed by atoms with Crippen LogP contribution in [0.4, 0.5) is 4.79 Å². The first-order valence-electron chi connectivity index (χ1n) is 2.86. The topological polar surface area (TPSA) is 58.2 Å². The fraction of sp³-hybridized carbons (Fsp3) is 0.600. The van der Waals surface area contributed by atoms with Gasteiger partial charge in [0.25, 0.3) is 5.91 Å². The van der Waals surface area contributed by atoms with Gasteiger partial charge >= 0.3 is 6.03 Å². The van der Waals surface area contributed by atoms with E-state index in [0.717, 1.165) is 0 Å². The average Bonchev–Trinajstić information content (AvgIpc) is 2.10. The lowest BCUT2D eigenvalue weighted by atomic mass is 10.2. The normalized spacial score (nSPS) is 27.6. The fourth-order valence-corrected chi connectivity index (χ4v) is 1.26. The van der Waals surface area contributed by atoms with E-state index in [4.69, 9.17) is 0 Å². The van der Waals surface area contributed by atoms with Gasteiger partial charge in [0, 0.05) is 3.92 Å². The Morgan fingerprint density at radius 1 is 1.60 bits per heavy atom. The van der Waals surface area contributed by atoms with Crippen molar-refractivity contribution in [3.8, 4) is 0 Å². The van der Waals surface area contributed by atoms with Gasteiger partial charge in [-0.1, -0.05) is 29.5 Å². The Labute approximate surface area is 71.9 Å². The zero-order valence-electron chi connectivity index (χ0n) is 5.35. The van der Waals surface area contributed by atoms with Gasteiger partial charge in [0.1, 0.15) is 6.04 Å². The van der Waals surface area contributed by atoms with E-state index in [2.05, 4.69) is 33.2 Å². The molecule has 2 N–H and O–H groups in total. The lowest BCUT2D eigenvalue weighted by molar-refractivity contribution is -0.120. The summed E-state index contributed by atoms with van der Waals surface area (Å²) in [5.41, 5.74) is 0. The maximum atomic E-state index is 10.8. The number of hydrogen-bond donors (Lipinski definition) is 2. The van der Waals surface area contributed by atoms with E-state index in [1.165, 1.54) is 0 Å². The van der Waals surface area contributed by atoms with E-state index in [0.29, 0.717) is 0 Å². The molecule has 2 unspecified atom stereocenters. The molecule has 5 heteroatoms. The Kier molecular flexibility index (Phi) is 2.12. The minimum atomic E-state index is -0.390. The first kappa shape index (κ1) is 7.77. The van der Waals surface area contributed by atoms with E-state index in [9.17, 15) is 9.59 Å². The molecule has 3 amide bonds. The van der Waals surface area contributed by atoms with Crippen molar-refractivity contribution in [1.29, 1.82) is 0 Å². The highest BCUT2D eigenvalue weighted by molar-refractivity contribution is 14.1. The van der Waals surface area contributed by atoms with Gasteiger partial charge in [-0.15, -0.1) is 0 Å². The Morgan fingerprint density at radius 3 is 2.40 bits per heavy atom. The summed E-state index contributed by atoms with van der Waals surface area (Å²) in [7, 11) is 0. The second-order valence-corrected chi connectivity index (χ2v) is 4.08. The monoisotopic (exact) mass is 254 g/mol. The van der Waals surface area contributed by atoms with Crippen LogP contribution in [-0.4, -0.2) is 21.9 Å². The molecule has 1 saturated heterocycles. The SMILES string of the molecule is CC(I)C1NC(=O)NC1=O. The van der Waals surface area contributed by atoms with Gasteiger partial charge in [-0.2, -0.15) is 0 Å². The minimum absolute atomic E-state index is 0.129. The van der Waals surface area contributed by atoms with E-state index in [-0.39, 0.29) is 15.9 Å². The molecule has 1 aliphatic heterocycles. The summed E-state index contributed by atoms with van der Waals surface area (Å²) in [4.78, 5) is 21.3. The predicted molar refractivity (Wildman–Crippen MR) is 43.9 cm³/mol. The molecule has 1 heterocycles. The van der Waals surface area contributed by atoms with Crippen molar-refractivity contribution in [3.05, 3.63) is 0 Å². The molecule has 0 saturated carbocycles. The molecule has 1 aliphatic rings. The molecule has 0 bridgehead atoms. The lowest BCUT2D eigenvalue weighted by Crippen LogP contribution is -2.35. The summed E-state index contributed by atoms with van der Waals surface area (Å²) >= 11 is 2.09. The Hall–Kier alpha value is -0.330. The standard InChI is InChI=1S/C5H7IN2O2/c1-2(6)3-4(9)8-5(10)7-3/h2-3H,1H3,(H2,7,8,9,10). The number of alkyl halides is 1. The third-order valence-electron chi connectivity index (χ3n) is 1.27. The highest BCUT2D eigenvalue weighted by Gasteiger charge is 2.32. The van der Waals surface area contributed by atoms with Crippen molar-refractivity contribution >= 4 is 34.5 Å². The van der Waals surface area contributed by atoms with Crippen LogP contribution in [-0.2, 0) is 4.79 Å². The number of halogens is 1. The lowest BCUT2D eigenvalue weighted by Gasteiger charge is -2.07. The molecule has 0 aliphatic carbocycles. The molecule has 1 fully saturated rings. The quantitative estimate of drug-likeness (QED) is 0.393. The van der Waals surface area contributed by atoms with Gasteiger partial charge in [0.2, 0.25) is 0 Å². The fourth-order valence-electron chi connectivity index (χ4n) is 0.756. The summed E-state index contributed by atoms with van der Waals surface area (Å²) in [6.07, 6.45) is 0. The zero-order chi connectivity index (χ0) is 7.72. The van der Waals surface area contributed by atoms with Crippen LogP contribution in [0.15, 0.2) is 0 Å². The summed E-state index contributed by atoms with van der Waals surface area (Å²) in [6, 6.07) is -0.744. The van der Waals surface area contributed by atoms with Crippen LogP contribution in [0.5, 0.6) is 0 Å². The number of hydrogen-bond acceptors (Lipinski definition) is 2. The highest BCUT2D eigenvalue weighted by atomic mass is 127. The maximum absolute atomic E-state index is 10.8. The van der Waals surface area contributed by atoms with Gasteiger partial charge in [0.15, 0.2) is 0 Å². The second kappa shape index (κ2) is 2.73. The van der Waals surface area contributed by atoms with Crippen molar-refractivity contribution in [2.24, 2.45) is 0 Å². The van der Waals surface area contributed by atoms with Gasteiger partial charge in [-0.3, -0.25) is 10.1 Å². The van der Waals surface area contributed by atoms with Crippen LogP contribution in [0.2, 0.25) is 0 Å². The van der Waals surface area contributed by atoms with Crippen LogP contribution in [0.3, 0.4) is 0 Å². The Bertz CT molecular complexity index is 180. The average molecular weight is 254 g/mol. The van der Waals surface area contributed by atoms with Crippen molar-refractivity contribution in [3.63, 3.8) is 0 Å². The first-order valence-corrected chi connectivity index (χ1v) is 4.11. The number of rotatable bonds is 1. The number of carbonyl (C=O) groups excluding carboxylic acids is 2. The van der Waals surface area contributed by atoms with Crippen LogP contribution < -0.4 is 10.6 Å². The predicted octanol–water partition coefficient (Wildman–Crippen LogP) is 0.0179. The summed E-state index contributed by atoms with van der Waals surface area (Å²) in [5, 5.41) is 4.65. The van der Waals surface area contributed by atoms with Crippen molar-refractivity contribution in [2.45, 2.75) is 16.9 Å². The molecular weight excluding hydrogens is 247 g/mol. The van der Waals surface area contributed by atoms with Gasteiger partial charge in [-0.05, 0) is 0 Å². The molecular formula is C5H7IN2O2. The summed E-state index contributed by atoms with van der Waals surface area (Å²) in [5.74, 6) is -0.230. The van der Waals surface area contributed by atoms with Crippen LogP contribution in [0, 0.1) is 0 Å². The van der Waals surface area contributed by atoms with Crippen molar-refractivity contribution in [2.75, 3.05) is 0 Å². The number of amides is 3. The first-order chi connectivity index (χ1) is 4.61. The largest absolute Gasteiger partial charge is 0.325 e. The molecule has 0 spiro atoms. The molecule has 0 aromatic carbocycles. The third kappa shape index (κ3) is 1.39. The number of urea groups is 1. The maximum Gasteiger partial charge on any atom is 0.322 e. The molecule has 0 radical (unpaired) electrons. The zero-order valence-corrected chi connectivity index (χ0v) is 7.51. The smallest absolute Gasteiger partial charge is 0.322 e. The number of carbonyl (C=O) groups is 2. The molecule has 56 valence electrons. The van der Waals surface area contributed by atoms with E-state index in [1.54, 1.807) is 0 Å². The van der Waals surface area contributed by atoms with Crippen LogP contribution in [0.1, 0.15) is 6.92 Å². The molecule has 0 aromatic heterocycles. The van der Waals surface area contributed by atoms with E-state index < -0.39 is 6.03 Å². The third-order valence-corrected chi connectivity index (χ3v) is 1.98. The highest BCUT2D eigenvalue weighted by Crippen LogP contribution is 2.08. The molecule has 2 atom stereocenters. The summed E-state index contributed by atoms with van der Waals surface area (Å²) < 4.78 is 0.129. The molecule has 10 heavy (non-hydrogen) atoms. The molecule has 0 aromatic rings. The Morgan fingerprint density at radius 2 is 2.20 bits per heavy atom. The number of nitrogens with one attached hydrogen (secondary N) is 2.